The normalized spacial score (nSPS) is 15.1. The molecular weight excluding hydrogens is 264 g/mol. The summed E-state index contributed by atoms with van der Waals surface area (Å²) in [5.74, 6) is 3.07. The van der Waals surface area contributed by atoms with Crippen molar-refractivity contribution in [2.24, 2.45) is 0 Å². The van der Waals surface area contributed by atoms with Gasteiger partial charge in [0.25, 0.3) is 0 Å². The van der Waals surface area contributed by atoms with Gasteiger partial charge in [0, 0.05) is 21.8 Å². The fourth-order valence-electron chi connectivity index (χ4n) is 1.47. The first-order chi connectivity index (χ1) is 8.78. The van der Waals surface area contributed by atoms with Gasteiger partial charge in [0.2, 0.25) is 0 Å². The smallest absolute Gasteiger partial charge is 0.180 e. The first-order valence-electron chi connectivity index (χ1n) is 5.61. The summed E-state index contributed by atoms with van der Waals surface area (Å²) in [7, 11) is 1.64. The molecule has 0 atom stereocenters. The Bertz CT molecular complexity index is 467. The first-order valence-corrected chi connectivity index (χ1v) is 7.58. The van der Waals surface area contributed by atoms with Crippen LogP contribution in [0.3, 0.4) is 0 Å². The number of methoxy groups -OCH3 is 1. The van der Waals surface area contributed by atoms with Crippen LogP contribution in [0.2, 0.25) is 0 Å². The molecule has 0 aromatic heterocycles. The zero-order valence-corrected chi connectivity index (χ0v) is 11.7. The number of thioether (sulfide) groups is 2. The summed E-state index contributed by atoms with van der Waals surface area (Å²) in [6.45, 7) is 0. The average Bonchev–Trinajstić information content (AvgIpc) is 2.90. The van der Waals surface area contributed by atoms with Gasteiger partial charge in [0.05, 0.1) is 7.11 Å². The maximum absolute atomic E-state index is 11.7. The summed E-state index contributed by atoms with van der Waals surface area (Å²) in [5, 5.41) is 0. The van der Waals surface area contributed by atoms with Crippen molar-refractivity contribution >= 4 is 35.4 Å². The molecule has 2 rings (SSSR count). The number of hydrogen-bond acceptors (Lipinski definition) is 4. The fraction of sp³-hybridized carbons (Fsp3) is 0.214. The molecule has 0 N–H and O–H groups in total. The molecule has 1 aromatic rings. The number of benzene rings is 1. The summed E-state index contributed by atoms with van der Waals surface area (Å²) < 4.78 is 6.20. The molecule has 94 valence electrons. The quantitative estimate of drug-likeness (QED) is 0.786. The van der Waals surface area contributed by atoms with Crippen LogP contribution < -0.4 is 4.74 Å². The molecule has 0 radical (unpaired) electrons. The van der Waals surface area contributed by atoms with Crippen LogP contribution in [0.4, 0.5) is 0 Å². The molecule has 1 heterocycles. The fourth-order valence-corrected chi connectivity index (χ4v) is 3.77. The van der Waals surface area contributed by atoms with Crippen LogP contribution in [0.5, 0.6) is 5.75 Å². The Morgan fingerprint density at radius 3 is 2.50 bits per heavy atom. The first kappa shape index (κ1) is 13.3. The highest BCUT2D eigenvalue weighted by Gasteiger charge is 2.08. The number of ketones is 1. The Morgan fingerprint density at radius 1 is 1.22 bits per heavy atom. The molecule has 4 heteroatoms. The minimum absolute atomic E-state index is 0.0442. The molecule has 0 unspecified atom stereocenters. The van der Waals surface area contributed by atoms with E-state index < -0.39 is 0 Å². The van der Waals surface area contributed by atoms with Crippen molar-refractivity contribution in [2.45, 2.75) is 0 Å². The second kappa shape index (κ2) is 6.71. The Morgan fingerprint density at radius 2 is 1.89 bits per heavy atom. The zero-order valence-electron chi connectivity index (χ0n) is 10.1. The number of allylic oxidation sites excluding steroid dienone is 2. The van der Waals surface area contributed by atoms with Gasteiger partial charge in [-0.25, -0.2) is 0 Å². The predicted octanol–water partition coefficient (Wildman–Crippen LogP) is 3.60. The summed E-state index contributed by atoms with van der Waals surface area (Å²) in [5.41, 5.74) is 0.995. The molecule has 1 aromatic carbocycles. The van der Waals surface area contributed by atoms with Gasteiger partial charge < -0.3 is 4.74 Å². The number of rotatable bonds is 4. The number of hydrogen-bond donors (Lipinski definition) is 0. The maximum Gasteiger partial charge on any atom is 0.180 e. The highest BCUT2D eigenvalue weighted by atomic mass is 32.2. The Hall–Kier alpha value is -1.13. The average molecular weight is 278 g/mol. The van der Waals surface area contributed by atoms with Crippen molar-refractivity contribution < 1.29 is 9.53 Å². The van der Waals surface area contributed by atoms with Crippen molar-refractivity contribution in [3.63, 3.8) is 0 Å². The van der Waals surface area contributed by atoms with Crippen molar-refractivity contribution in [2.75, 3.05) is 18.6 Å². The number of carbonyl (C=O) groups is 1. The largest absolute Gasteiger partial charge is 0.497 e. The van der Waals surface area contributed by atoms with Crippen LogP contribution in [-0.2, 0) is 4.79 Å². The third kappa shape index (κ3) is 3.96. The van der Waals surface area contributed by atoms with E-state index in [0.29, 0.717) is 0 Å². The maximum atomic E-state index is 11.7. The van der Waals surface area contributed by atoms with Gasteiger partial charge in [-0.1, -0.05) is 18.2 Å². The minimum atomic E-state index is 0.0442. The second-order valence-corrected chi connectivity index (χ2v) is 6.20. The van der Waals surface area contributed by atoms with Gasteiger partial charge in [-0.05, 0) is 23.8 Å². The van der Waals surface area contributed by atoms with E-state index in [1.807, 2.05) is 30.3 Å². The summed E-state index contributed by atoms with van der Waals surface area (Å²) in [6.07, 6.45) is 5.14. The Kier molecular flexibility index (Phi) is 4.96. The van der Waals surface area contributed by atoms with Gasteiger partial charge in [-0.3, -0.25) is 4.79 Å². The van der Waals surface area contributed by atoms with Gasteiger partial charge in [0.15, 0.2) is 5.78 Å². The molecule has 1 aliphatic heterocycles. The van der Waals surface area contributed by atoms with Gasteiger partial charge >= 0.3 is 0 Å². The second-order valence-electron chi connectivity index (χ2n) is 3.67. The minimum Gasteiger partial charge on any atom is -0.497 e. The van der Waals surface area contributed by atoms with E-state index in [1.54, 1.807) is 42.8 Å². The molecular formula is C14H14O2S2. The van der Waals surface area contributed by atoms with Gasteiger partial charge in [-0.2, -0.15) is 0 Å². The third-order valence-electron chi connectivity index (χ3n) is 2.39. The van der Waals surface area contributed by atoms with E-state index in [1.165, 1.54) is 0 Å². The Labute approximate surface area is 115 Å². The summed E-state index contributed by atoms with van der Waals surface area (Å²) >= 11 is 3.50. The molecule has 0 spiro atoms. The van der Waals surface area contributed by atoms with Crippen LogP contribution in [0.1, 0.15) is 5.56 Å². The van der Waals surface area contributed by atoms with E-state index in [4.69, 9.17) is 4.74 Å². The molecule has 0 aliphatic carbocycles. The zero-order chi connectivity index (χ0) is 12.8. The van der Waals surface area contributed by atoms with Crippen LogP contribution in [0.25, 0.3) is 6.08 Å². The Balaban J connectivity index is 1.96. The third-order valence-corrected chi connectivity index (χ3v) is 4.97. The van der Waals surface area contributed by atoms with Crippen molar-refractivity contribution in [3.8, 4) is 5.75 Å². The van der Waals surface area contributed by atoms with Crippen LogP contribution in [0.15, 0.2) is 40.7 Å². The molecule has 0 bridgehead atoms. The lowest BCUT2D eigenvalue weighted by molar-refractivity contribution is -0.110. The molecule has 18 heavy (non-hydrogen) atoms. The monoisotopic (exact) mass is 278 g/mol. The highest BCUT2D eigenvalue weighted by Crippen LogP contribution is 2.35. The van der Waals surface area contributed by atoms with Gasteiger partial charge in [0.1, 0.15) is 5.75 Å². The lowest BCUT2D eigenvalue weighted by atomic mass is 10.2. The van der Waals surface area contributed by atoms with E-state index in [9.17, 15) is 4.79 Å². The lowest BCUT2D eigenvalue weighted by Gasteiger charge is -1.98. The molecule has 2 nitrogen and oxygen atoms in total. The van der Waals surface area contributed by atoms with Crippen molar-refractivity contribution in [3.05, 3.63) is 46.2 Å². The molecule has 0 amide bonds. The van der Waals surface area contributed by atoms with E-state index in [-0.39, 0.29) is 5.78 Å². The number of carbonyl (C=O) groups excluding carboxylic acids is 1. The highest BCUT2D eigenvalue weighted by molar-refractivity contribution is 8.25. The molecule has 1 fully saturated rings. The van der Waals surface area contributed by atoms with E-state index in [0.717, 1.165) is 27.1 Å². The van der Waals surface area contributed by atoms with E-state index >= 15 is 0 Å². The molecule has 0 saturated carbocycles. The molecule has 1 aliphatic rings. The van der Waals surface area contributed by atoms with Crippen LogP contribution in [-0.4, -0.2) is 24.4 Å². The topological polar surface area (TPSA) is 26.3 Å². The van der Waals surface area contributed by atoms with E-state index in [2.05, 4.69) is 0 Å². The summed E-state index contributed by atoms with van der Waals surface area (Å²) in [4.78, 5) is 11.7. The van der Waals surface area contributed by atoms with Gasteiger partial charge in [-0.15, -0.1) is 23.5 Å². The predicted molar refractivity (Wildman–Crippen MR) is 80.0 cm³/mol. The lowest BCUT2D eigenvalue weighted by Crippen LogP contribution is -1.86. The summed E-state index contributed by atoms with van der Waals surface area (Å²) in [6, 6.07) is 7.61. The molecule has 1 saturated heterocycles. The van der Waals surface area contributed by atoms with Crippen molar-refractivity contribution in [1.29, 1.82) is 0 Å². The SMILES string of the molecule is COc1ccc(C=CC(=O)C=C2SCCS2)cc1. The number of ether oxygens (including phenoxy) is 1. The van der Waals surface area contributed by atoms with Crippen molar-refractivity contribution in [1.82, 2.24) is 0 Å². The van der Waals surface area contributed by atoms with Crippen LogP contribution in [0, 0.1) is 0 Å². The standard InChI is InChI=1S/C14H14O2S2/c1-16-13-6-3-11(4-7-13)2-5-12(15)10-14-17-8-9-18-14/h2-7,10H,8-9H2,1H3. The van der Waals surface area contributed by atoms with Crippen LogP contribution >= 0.6 is 23.5 Å².